The molecule has 2 aromatic carbocycles. The number of rotatable bonds is 4. The van der Waals surface area contributed by atoms with E-state index in [-0.39, 0.29) is 17.7 Å². The van der Waals surface area contributed by atoms with Gasteiger partial charge >= 0.3 is 0 Å². The van der Waals surface area contributed by atoms with Gasteiger partial charge in [-0.15, -0.1) is 0 Å². The number of carbonyl (C=O) groups is 1. The standard InChI is InChI=1S/C20H24N2O2/c1-15(23)21-17-10-11-19(24)18(14-17)20(16-8-4-2-5-9-16)22-12-6-3-7-13-22/h2,4-5,8-11,14,20,24H,3,6-7,12-13H2,1H3,(H,21,23)/t20-/m0/s1. The molecule has 126 valence electrons. The summed E-state index contributed by atoms with van der Waals surface area (Å²) in [5.41, 5.74) is 2.72. The number of carbonyl (C=O) groups excluding carboxylic acids is 1. The van der Waals surface area contributed by atoms with Crippen LogP contribution in [0.3, 0.4) is 0 Å². The second-order valence-corrected chi connectivity index (χ2v) is 6.36. The molecule has 1 saturated heterocycles. The fourth-order valence-electron chi connectivity index (χ4n) is 3.45. The molecule has 0 spiro atoms. The van der Waals surface area contributed by atoms with Crippen LogP contribution in [0.25, 0.3) is 0 Å². The van der Waals surface area contributed by atoms with E-state index in [1.165, 1.54) is 26.2 Å². The number of hydrogen-bond donors (Lipinski definition) is 2. The Morgan fingerprint density at radius 1 is 1.08 bits per heavy atom. The molecule has 0 aromatic heterocycles. The first-order valence-electron chi connectivity index (χ1n) is 8.54. The molecule has 1 aliphatic rings. The average molecular weight is 324 g/mol. The van der Waals surface area contributed by atoms with E-state index in [1.807, 2.05) is 24.3 Å². The third kappa shape index (κ3) is 3.77. The maximum Gasteiger partial charge on any atom is 0.221 e. The summed E-state index contributed by atoms with van der Waals surface area (Å²) >= 11 is 0. The van der Waals surface area contributed by atoms with Crippen LogP contribution < -0.4 is 5.32 Å². The van der Waals surface area contributed by atoms with E-state index in [0.29, 0.717) is 5.69 Å². The quantitative estimate of drug-likeness (QED) is 0.838. The molecule has 2 N–H and O–H groups in total. The van der Waals surface area contributed by atoms with Gasteiger partial charge in [0.1, 0.15) is 5.75 Å². The highest BCUT2D eigenvalue weighted by Crippen LogP contribution is 2.37. The Balaban J connectivity index is 2.03. The molecule has 2 aromatic rings. The summed E-state index contributed by atoms with van der Waals surface area (Å²) in [6, 6.07) is 15.6. The van der Waals surface area contributed by atoms with Crippen LogP contribution in [0, 0.1) is 0 Å². The van der Waals surface area contributed by atoms with E-state index in [0.717, 1.165) is 24.2 Å². The van der Waals surface area contributed by atoms with Crippen molar-refractivity contribution in [3.05, 3.63) is 59.7 Å². The van der Waals surface area contributed by atoms with Gasteiger partial charge in [0.2, 0.25) is 5.91 Å². The monoisotopic (exact) mass is 324 g/mol. The molecule has 1 aliphatic heterocycles. The number of nitrogens with zero attached hydrogens (tertiary/aromatic N) is 1. The minimum Gasteiger partial charge on any atom is -0.508 e. The molecule has 4 nitrogen and oxygen atoms in total. The van der Waals surface area contributed by atoms with Crippen molar-refractivity contribution in [1.82, 2.24) is 4.90 Å². The van der Waals surface area contributed by atoms with Gasteiger partial charge in [-0.25, -0.2) is 0 Å². The molecule has 0 saturated carbocycles. The molecule has 0 aliphatic carbocycles. The first-order valence-corrected chi connectivity index (χ1v) is 8.54. The van der Waals surface area contributed by atoms with Crippen molar-refractivity contribution in [3.63, 3.8) is 0 Å². The lowest BCUT2D eigenvalue weighted by Crippen LogP contribution is -2.34. The lowest BCUT2D eigenvalue weighted by Gasteiger charge is -2.35. The second kappa shape index (κ2) is 7.49. The first-order chi connectivity index (χ1) is 11.6. The van der Waals surface area contributed by atoms with Gasteiger partial charge in [-0.3, -0.25) is 9.69 Å². The van der Waals surface area contributed by atoms with Crippen LogP contribution in [-0.2, 0) is 4.79 Å². The van der Waals surface area contributed by atoms with Gasteiger partial charge in [0.15, 0.2) is 0 Å². The van der Waals surface area contributed by atoms with Gasteiger partial charge < -0.3 is 10.4 Å². The SMILES string of the molecule is CC(=O)Nc1ccc(O)c([C@H](c2ccccc2)N2CCCCC2)c1. The number of hydrogen-bond acceptors (Lipinski definition) is 3. The number of phenols is 1. The molecule has 1 heterocycles. The highest BCUT2D eigenvalue weighted by Gasteiger charge is 2.26. The zero-order valence-electron chi connectivity index (χ0n) is 14.0. The van der Waals surface area contributed by atoms with Gasteiger partial charge in [0, 0.05) is 18.2 Å². The van der Waals surface area contributed by atoms with Gasteiger partial charge in [-0.05, 0) is 49.7 Å². The molecule has 1 fully saturated rings. The van der Waals surface area contributed by atoms with E-state index < -0.39 is 0 Å². The summed E-state index contributed by atoms with van der Waals surface area (Å²) in [5, 5.41) is 13.3. The summed E-state index contributed by atoms with van der Waals surface area (Å²) < 4.78 is 0. The number of amides is 1. The summed E-state index contributed by atoms with van der Waals surface area (Å²) in [5.74, 6) is 0.157. The Labute approximate surface area is 143 Å². The maximum absolute atomic E-state index is 11.4. The average Bonchev–Trinajstić information content (AvgIpc) is 2.59. The van der Waals surface area contributed by atoms with Crippen molar-refractivity contribution in [2.24, 2.45) is 0 Å². The third-order valence-electron chi connectivity index (χ3n) is 4.51. The van der Waals surface area contributed by atoms with Crippen LogP contribution in [0.5, 0.6) is 5.75 Å². The second-order valence-electron chi connectivity index (χ2n) is 6.36. The van der Waals surface area contributed by atoms with Crippen LogP contribution in [0.1, 0.15) is 43.4 Å². The fraction of sp³-hybridized carbons (Fsp3) is 0.350. The highest BCUT2D eigenvalue weighted by molar-refractivity contribution is 5.88. The lowest BCUT2D eigenvalue weighted by molar-refractivity contribution is -0.114. The summed E-state index contributed by atoms with van der Waals surface area (Å²) in [6.07, 6.45) is 3.61. The molecule has 24 heavy (non-hydrogen) atoms. The van der Waals surface area contributed by atoms with Crippen molar-refractivity contribution in [2.75, 3.05) is 18.4 Å². The zero-order valence-corrected chi connectivity index (χ0v) is 14.0. The molecule has 4 heteroatoms. The van der Waals surface area contributed by atoms with Crippen molar-refractivity contribution < 1.29 is 9.90 Å². The van der Waals surface area contributed by atoms with Gasteiger partial charge in [-0.2, -0.15) is 0 Å². The number of piperidine rings is 1. The van der Waals surface area contributed by atoms with E-state index >= 15 is 0 Å². The molecular formula is C20H24N2O2. The molecule has 0 radical (unpaired) electrons. The Kier molecular flexibility index (Phi) is 5.16. The molecule has 1 amide bonds. The predicted octanol–water partition coefficient (Wildman–Crippen LogP) is 3.93. The van der Waals surface area contributed by atoms with E-state index in [4.69, 9.17) is 0 Å². The molecule has 1 atom stereocenters. The fourth-order valence-corrected chi connectivity index (χ4v) is 3.45. The Hall–Kier alpha value is -2.33. The molecule has 3 rings (SSSR count). The number of anilines is 1. The van der Waals surface area contributed by atoms with E-state index in [9.17, 15) is 9.90 Å². The molecule has 0 bridgehead atoms. The summed E-state index contributed by atoms with van der Waals surface area (Å²) in [7, 11) is 0. The summed E-state index contributed by atoms with van der Waals surface area (Å²) in [6.45, 7) is 3.53. The zero-order chi connectivity index (χ0) is 16.9. The number of nitrogens with one attached hydrogen (secondary N) is 1. The van der Waals surface area contributed by atoms with Crippen LogP contribution in [0.4, 0.5) is 5.69 Å². The van der Waals surface area contributed by atoms with Gasteiger partial charge in [0.05, 0.1) is 6.04 Å². The topological polar surface area (TPSA) is 52.6 Å². The number of likely N-dealkylation sites (tertiary alicyclic amines) is 1. The van der Waals surface area contributed by atoms with E-state index in [2.05, 4.69) is 22.3 Å². The van der Waals surface area contributed by atoms with Crippen LogP contribution in [0.2, 0.25) is 0 Å². The predicted molar refractivity (Wildman–Crippen MR) is 96.1 cm³/mol. The number of aromatic hydroxyl groups is 1. The highest BCUT2D eigenvalue weighted by atomic mass is 16.3. The van der Waals surface area contributed by atoms with Crippen molar-refractivity contribution in [3.8, 4) is 5.75 Å². The Bertz CT molecular complexity index is 694. The van der Waals surface area contributed by atoms with Crippen LogP contribution in [-0.4, -0.2) is 29.0 Å². The van der Waals surface area contributed by atoms with Crippen molar-refractivity contribution in [2.45, 2.75) is 32.2 Å². The van der Waals surface area contributed by atoms with Gasteiger partial charge in [0.25, 0.3) is 0 Å². The van der Waals surface area contributed by atoms with Gasteiger partial charge in [-0.1, -0.05) is 36.8 Å². The molecular weight excluding hydrogens is 300 g/mol. The number of phenolic OH excluding ortho intramolecular Hbond substituents is 1. The Morgan fingerprint density at radius 2 is 1.79 bits per heavy atom. The molecule has 0 unspecified atom stereocenters. The largest absolute Gasteiger partial charge is 0.508 e. The third-order valence-corrected chi connectivity index (χ3v) is 4.51. The minimum atomic E-state index is -0.110. The maximum atomic E-state index is 11.4. The minimum absolute atomic E-state index is 0.000193. The summed E-state index contributed by atoms with van der Waals surface area (Å²) in [4.78, 5) is 13.8. The first kappa shape index (κ1) is 16.5. The normalized spacial score (nSPS) is 16.5. The van der Waals surface area contributed by atoms with Crippen LogP contribution in [0.15, 0.2) is 48.5 Å². The lowest BCUT2D eigenvalue weighted by atomic mass is 9.94. The van der Waals surface area contributed by atoms with E-state index in [1.54, 1.807) is 12.1 Å². The van der Waals surface area contributed by atoms with Crippen LogP contribution >= 0.6 is 0 Å². The number of benzene rings is 2. The van der Waals surface area contributed by atoms with Crippen molar-refractivity contribution in [1.29, 1.82) is 0 Å². The Morgan fingerprint density at radius 3 is 2.46 bits per heavy atom. The smallest absolute Gasteiger partial charge is 0.221 e. The van der Waals surface area contributed by atoms with Crippen molar-refractivity contribution >= 4 is 11.6 Å².